The van der Waals surface area contributed by atoms with Gasteiger partial charge in [0.1, 0.15) is 11.2 Å². The lowest BCUT2D eigenvalue weighted by molar-refractivity contribution is -0.124. The quantitative estimate of drug-likeness (QED) is 0.668. The number of rotatable bonds is 0. The summed E-state index contributed by atoms with van der Waals surface area (Å²) in [6.45, 7) is 1.13. The van der Waals surface area contributed by atoms with Gasteiger partial charge in [-0.05, 0) is 18.9 Å². The largest absolute Gasteiger partial charge is 0.378 e. The van der Waals surface area contributed by atoms with Crippen LogP contribution in [0.15, 0.2) is 18.5 Å². The van der Waals surface area contributed by atoms with Crippen LogP contribution in [0.1, 0.15) is 12.8 Å². The number of nitrogens with zero attached hydrogens (tertiary/aromatic N) is 1. The lowest BCUT2D eigenvalue weighted by atomic mass is 9.89. The summed E-state index contributed by atoms with van der Waals surface area (Å²) in [5.74, 6) is -0.0311. The Morgan fingerprint density at radius 2 is 2.37 bits per heavy atom. The molecule has 2 aliphatic heterocycles. The van der Waals surface area contributed by atoms with Crippen molar-refractivity contribution in [2.24, 2.45) is 0 Å². The summed E-state index contributed by atoms with van der Waals surface area (Å²) in [6, 6.07) is 1.96. The predicted octanol–water partition coefficient (Wildman–Crippen LogP) is 1.48. The van der Waals surface area contributed by atoms with Crippen molar-refractivity contribution in [1.29, 1.82) is 0 Å². The molecule has 1 spiro atoms. The summed E-state index contributed by atoms with van der Waals surface area (Å²) in [6.07, 6.45) is 5.19. The van der Waals surface area contributed by atoms with Crippen molar-refractivity contribution in [3.05, 3.63) is 18.5 Å². The highest BCUT2D eigenvalue weighted by atomic mass is 16.5. The number of hydrogen-bond acceptors (Lipinski definition) is 4. The molecule has 4 heterocycles. The molecule has 0 radical (unpaired) electrons. The molecule has 6 nitrogen and oxygen atoms in total. The molecular weight excluding hydrogens is 244 g/mol. The van der Waals surface area contributed by atoms with Crippen molar-refractivity contribution >= 4 is 28.3 Å². The number of H-pyrrole nitrogens is 1. The van der Waals surface area contributed by atoms with Crippen LogP contribution in [0.5, 0.6) is 0 Å². The van der Waals surface area contributed by atoms with E-state index in [1.54, 1.807) is 6.20 Å². The van der Waals surface area contributed by atoms with Gasteiger partial charge < -0.3 is 20.4 Å². The molecule has 0 aromatic carbocycles. The fraction of sp³-hybridized carbons (Fsp3) is 0.385. The molecule has 4 rings (SSSR count). The van der Waals surface area contributed by atoms with Crippen LogP contribution >= 0.6 is 0 Å². The van der Waals surface area contributed by atoms with Crippen LogP contribution in [0.3, 0.4) is 0 Å². The Kier molecular flexibility index (Phi) is 2.11. The number of amides is 1. The van der Waals surface area contributed by atoms with Crippen LogP contribution in [0.2, 0.25) is 0 Å². The number of fused-ring (bicyclic) bond motifs is 3. The first kappa shape index (κ1) is 10.8. The Labute approximate surface area is 109 Å². The highest BCUT2D eigenvalue weighted by Crippen LogP contribution is 2.38. The van der Waals surface area contributed by atoms with Crippen molar-refractivity contribution in [3.8, 4) is 0 Å². The van der Waals surface area contributed by atoms with Gasteiger partial charge in [-0.15, -0.1) is 0 Å². The number of anilines is 2. The van der Waals surface area contributed by atoms with Gasteiger partial charge in [-0.3, -0.25) is 4.79 Å². The van der Waals surface area contributed by atoms with Crippen LogP contribution in [0.4, 0.5) is 11.4 Å². The maximum absolute atomic E-state index is 12.3. The molecule has 2 aliphatic rings. The molecule has 1 amide bonds. The van der Waals surface area contributed by atoms with E-state index >= 15 is 0 Å². The topological polar surface area (TPSA) is 79.0 Å². The van der Waals surface area contributed by atoms with Crippen LogP contribution in [0, 0.1) is 0 Å². The van der Waals surface area contributed by atoms with Gasteiger partial charge in [0.05, 0.1) is 24.2 Å². The van der Waals surface area contributed by atoms with Crippen molar-refractivity contribution in [2.75, 3.05) is 23.8 Å². The van der Waals surface area contributed by atoms with Crippen LogP contribution in [0.25, 0.3) is 11.0 Å². The number of hydrogen-bond donors (Lipinski definition) is 3. The van der Waals surface area contributed by atoms with E-state index in [1.807, 2.05) is 12.3 Å². The number of carbonyl (C=O) groups excluding carboxylic acids is 1. The smallest absolute Gasteiger partial charge is 0.252 e. The van der Waals surface area contributed by atoms with Gasteiger partial charge in [0.25, 0.3) is 5.91 Å². The van der Waals surface area contributed by atoms with Crippen LogP contribution < -0.4 is 10.6 Å². The molecule has 0 saturated carbocycles. The second-order valence-corrected chi connectivity index (χ2v) is 5.10. The Bertz CT molecular complexity index is 658. The molecule has 1 fully saturated rings. The Morgan fingerprint density at radius 1 is 1.42 bits per heavy atom. The Balaban J connectivity index is 1.86. The fourth-order valence-corrected chi connectivity index (χ4v) is 2.85. The zero-order valence-electron chi connectivity index (χ0n) is 10.3. The zero-order chi connectivity index (χ0) is 12.9. The van der Waals surface area contributed by atoms with Gasteiger partial charge in [-0.2, -0.15) is 0 Å². The lowest BCUT2D eigenvalue weighted by Crippen LogP contribution is -2.57. The summed E-state index contributed by atoms with van der Waals surface area (Å²) in [4.78, 5) is 19.7. The second-order valence-electron chi connectivity index (χ2n) is 5.10. The molecule has 1 unspecified atom stereocenters. The lowest BCUT2D eigenvalue weighted by Gasteiger charge is -2.40. The molecule has 6 heteroatoms. The third-order valence-corrected chi connectivity index (χ3v) is 3.87. The number of aromatic nitrogens is 2. The molecule has 2 aromatic rings. The van der Waals surface area contributed by atoms with Gasteiger partial charge >= 0.3 is 0 Å². The van der Waals surface area contributed by atoms with E-state index in [0.29, 0.717) is 6.61 Å². The highest BCUT2D eigenvalue weighted by molar-refractivity contribution is 6.11. The van der Waals surface area contributed by atoms with E-state index < -0.39 is 5.54 Å². The van der Waals surface area contributed by atoms with Crippen LogP contribution in [-0.2, 0) is 9.53 Å². The van der Waals surface area contributed by atoms with E-state index in [4.69, 9.17) is 4.74 Å². The molecule has 19 heavy (non-hydrogen) atoms. The first-order chi connectivity index (χ1) is 9.28. The molecule has 0 bridgehead atoms. The maximum Gasteiger partial charge on any atom is 0.252 e. The minimum Gasteiger partial charge on any atom is -0.378 e. The monoisotopic (exact) mass is 258 g/mol. The van der Waals surface area contributed by atoms with E-state index in [2.05, 4.69) is 20.6 Å². The SMILES string of the molecule is O=C1Nc2cnc3[nH]ccc3c2NC12CCCOC2. The van der Waals surface area contributed by atoms with Crippen molar-refractivity contribution < 1.29 is 9.53 Å². The number of aromatic amines is 1. The maximum atomic E-state index is 12.3. The van der Waals surface area contributed by atoms with E-state index in [9.17, 15) is 4.79 Å². The van der Waals surface area contributed by atoms with Gasteiger partial charge in [-0.1, -0.05) is 0 Å². The third kappa shape index (κ3) is 1.46. The minimum atomic E-state index is -0.642. The Hall–Kier alpha value is -2.08. The average Bonchev–Trinajstić information content (AvgIpc) is 2.90. The number of ether oxygens (including phenoxy) is 1. The molecule has 1 saturated heterocycles. The first-order valence-electron chi connectivity index (χ1n) is 6.42. The van der Waals surface area contributed by atoms with E-state index in [1.165, 1.54) is 0 Å². The standard InChI is InChI=1S/C13H14N4O2/c18-12-13(3-1-5-19-7-13)17-10-8-2-4-14-11(8)15-6-9(10)16-12/h2,4,6,17H,1,3,5,7H2,(H,14,15)(H,16,18). The molecule has 1 atom stereocenters. The highest BCUT2D eigenvalue weighted by Gasteiger charge is 2.44. The fourth-order valence-electron chi connectivity index (χ4n) is 2.85. The van der Waals surface area contributed by atoms with Gasteiger partial charge in [0, 0.05) is 18.2 Å². The molecule has 0 aliphatic carbocycles. The summed E-state index contributed by atoms with van der Waals surface area (Å²) in [5.41, 5.74) is 1.83. The number of nitrogens with one attached hydrogen (secondary N) is 3. The molecule has 2 aromatic heterocycles. The van der Waals surface area contributed by atoms with Gasteiger partial charge in [-0.25, -0.2) is 4.98 Å². The summed E-state index contributed by atoms with van der Waals surface area (Å²) >= 11 is 0. The average molecular weight is 258 g/mol. The Morgan fingerprint density at radius 3 is 3.21 bits per heavy atom. The van der Waals surface area contributed by atoms with E-state index in [0.717, 1.165) is 41.9 Å². The van der Waals surface area contributed by atoms with Crippen molar-refractivity contribution in [2.45, 2.75) is 18.4 Å². The van der Waals surface area contributed by atoms with Crippen molar-refractivity contribution in [3.63, 3.8) is 0 Å². The number of carbonyl (C=O) groups is 1. The van der Waals surface area contributed by atoms with Crippen molar-refractivity contribution in [1.82, 2.24) is 9.97 Å². The molecular formula is C13H14N4O2. The minimum absolute atomic E-state index is 0.0311. The third-order valence-electron chi connectivity index (χ3n) is 3.87. The van der Waals surface area contributed by atoms with Gasteiger partial charge in [0.15, 0.2) is 0 Å². The van der Waals surface area contributed by atoms with E-state index in [-0.39, 0.29) is 5.91 Å². The number of pyridine rings is 1. The predicted molar refractivity (Wildman–Crippen MR) is 71.1 cm³/mol. The van der Waals surface area contributed by atoms with Crippen LogP contribution in [-0.4, -0.2) is 34.6 Å². The molecule has 3 N–H and O–H groups in total. The van der Waals surface area contributed by atoms with Gasteiger partial charge in [0.2, 0.25) is 0 Å². The first-order valence-corrected chi connectivity index (χ1v) is 6.42. The molecule has 98 valence electrons. The summed E-state index contributed by atoms with van der Waals surface area (Å²) in [7, 11) is 0. The summed E-state index contributed by atoms with van der Waals surface area (Å²) in [5, 5.41) is 7.33. The normalized spacial score (nSPS) is 26.0. The zero-order valence-corrected chi connectivity index (χ0v) is 10.3. The summed E-state index contributed by atoms with van der Waals surface area (Å²) < 4.78 is 5.50. The second kappa shape index (κ2) is 3.71.